The zero-order chi connectivity index (χ0) is 28.6. The Labute approximate surface area is 246 Å². The zero-order valence-electron chi connectivity index (χ0n) is 26.0. The molecular weight excluding hydrogens is 518 g/mol. The van der Waals surface area contributed by atoms with Crippen molar-refractivity contribution in [3.8, 4) is 0 Å². The van der Waals surface area contributed by atoms with E-state index in [-0.39, 0.29) is 40.8 Å². The molecule has 2 spiro atoms. The van der Waals surface area contributed by atoms with E-state index >= 15 is 0 Å². The largest absolute Gasteiger partial charge is 0.390 e. The molecule has 5 saturated carbocycles. The Kier molecular flexibility index (Phi) is 6.13. The lowest BCUT2D eigenvalue weighted by atomic mass is 9.41. The van der Waals surface area contributed by atoms with E-state index in [0.717, 1.165) is 52.0 Å². The van der Waals surface area contributed by atoms with Crippen molar-refractivity contribution in [3.63, 3.8) is 0 Å². The molecule has 5 aliphatic carbocycles. The van der Waals surface area contributed by atoms with Gasteiger partial charge < -0.3 is 28.8 Å². The SMILES string of the molecule is C[C@@H]1CC(C=O)OC2C1[C@@]1(C)CCC34C[C@@]35CCC(O[C@H]3CN(C6COC6)CCO3)C(C)(C)[C@@H]5CC[C@H]4[C@]1(C)[C@H]2O. The maximum absolute atomic E-state index is 12.2. The van der Waals surface area contributed by atoms with E-state index in [1.807, 2.05) is 0 Å². The van der Waals surface area contributed by atoms with Crippen LogP contribution in [0, 0.1) is 50.7 Å². The summed E-state index contributed by atoms with van der Waals surface area (Å²) in [4.78, 5) is 14.3. The van der Waals surface area contributed by atoms with Crippen LogP contribution in [-0.2, 0) is 23.7 Å². The minimum atomic E-state index is -0.501. The monoisotopic (exact) mass is 571 g/mol. The van der Waals surface area contributed by atoms with Crippen LogP contribution in [0.1, 0.15) is 86.0 Å². The molecule has 5 unspecified atom stereocenters. The van der Waals surface area contributed by atoms with E-state index in [0.29, 0.717) is 40.5 Å². The molecular formula is C34H53NO6. The predicted molar refractivity (Wildman–Crippen MR) is 153 cm³/mol. The van der Waals surface area contributed by atoms with Crippen LogP contribution in [0.5, 0.6) is 0 Å². The highest BCUT2D eigenvalue weighted by Crippen LogP contribution is 2.89. The summed E-state index contributed by atoms with van der Waals surface area (Å²) in [6.45, 7) is 16.4. The summed E-state index contributed by atoms with van der Waals surface area (Å²) in [5, 5.41) is 12.2. The van der Waals surface area contributed by atoms with Gasteiger partial charge in [0.2, 0.25) is 0 Å². The first-order valence-electron chi connectivity index (χ1n) is 16.9. The Bertz CT molecular complexity index is 1080. The number of morpholine rings is 1. The number of fused-ring (bicyclic) bond motifs is 4. The van der Waals surface area contributed by atoms with Gasteiger partial charge in [-0.1, -0.05) is 34.6 Å². The fourth-order valence-electron chi connectivity index (χ4n) is 13.3. The number of aldehydes is 1. The number of carbonyl (C=O) groups is 1. The molecule has 230 valence electrons. The standard InChI is InChI=1S/C34H53NO6/c1-20-14-22(16-36)40-28-27(20)31(4)10-11-34-19-33(34)9-8-25(41-26-15-35(12-13-39-26)21-17-38-18-21)30(2,3)23(33)6-7-24(34)32(31,5)29(28)37/h16,20-29,37H,6-15,17-19H2,1-5H3/t20-,22?,23+,24+,25?,26+,27?,28?,29+,31-,32-,33-,34?/m1/s1. The summed E-state index contributed by atoms with van der Waals surface area (Å²) in [6.07, 6.45) is 9.27. The van der Waals surface area contributed by atoms with Gasteiger partial charge in [0.15, 0.2) is 6.29 Å². The van der Waals surface area contributed by atoms with Crippen LogP contribution in [0.3, 0.4) is 0 Å². The second-order valence-electron chi connectivity index (χ2n) is 16.8. The van der Waals surface area contributed by atoms with Crippen molar-refractivity contribution in [2.24, 2.45) is 50.7 Å². The van der Waals surface area contributed by atoms with Crippen molar-refractivity contribution in [1.29, 1.82) is 0 Å². The highest BCUT2D eigenvalue weighted by Gasteiger charge is 2.84. The quantitative estimate of drug-likeness (QED) is 0.500. The Morgan fingerprint density at radius 3 is 2.49 bits per heavy atom. The fraction of sp³-hybridized carbons (Fsp3) is 0.971. The van der Waals surface area contributed by atoms with Crippen LogP contribution in [0.4, 0.5) is 0 Å². The van der Waals surface area contributed by atoms with Gasteiger partial charge in [-0.2, -0.15) is 0 Å². The number of hydrogen-bond acceptors (Lipinski definition) is 7. The van der Waals surface area contributed by atoms with E-state index in [4.69, 9.17) is 18.9 Å². The van der Waals surface area contributed by atoms with Gasteiger partial charge in [0.05, 0.1) is 50.7 Å². The third-order valence-electron chi connectivity index (χ3n) is 15.4. The molecule has 0 amide bonds. The molecule has 7 nitrogen and oxygen atoms in total. The van der Waals surface area contributed by atoms with Gasteiger partial charge in [0.25, 0.3) is 0 Å². The number of hydrogen-bond donors (Lipinski definition) is 1. The summed E-state index contributed by atoms with van der Waals surface area (Å²) in [5.74, 6) is 1.88. The fourth-order valence-corrected chi connectivity index (χ4v) is 13.3. The van der Waals surface area contributed by atoms with Crippen molar-refractivity contribution < 1.29 is 28.8 Å². The van der Waals surface area contributed by atoms with Gasteiger partial charge >= 0.3 is 0 Å². The van der Waals surface area contributed by atoms with Gasteiger partial charge in [-0.15, -0.1) is 0 Å². The Morgan fingerprint density at radius 1 is 1.00 bits per heavy atom. The second kappa shape index (κ2) is 9.00. The smallest absolute Gasteiger partial charge is 0.170 e. The molecule has 0 aromatic heterocycles. The number of aliphatic hydroxyl groups is 1. The van der Waals surface area contributed by atoms with Crippen molar-refractivity contribution in [1.82, 2.24) is 4.90 Å². The first-order chi connectivity index (χ1) is 19.5. The van der Waals surface area contributed by atoms with Crippen molar-refractivity contribution in [2.45, 2.75) is 123 Å². The third-order valence-corrected chi connectivity index (χ3v) is 15.4. The number of carbonyl (C=O) groups excluding carboxylic acids is 1. The van der Waals surface area contributed by atoms with Crippen LogP contribution in [0.25, 0.3) is 0 Å². The molecule has 8 fully saturated rings. The zero-order valence-corrected chi connectivity index (χ0v) is 26.0. The molecule has 3 saturated heterocycles. The number of ether oxygens (including phenoxy) is 4. The van der Waals surface area contributed by atoms with Crippen LogP contribution >= 0.6 is 0 Å². The lowest BCUT2D eigenvalue weighted by Crippen LogP contribution is -2.60. The third kappa shape index (κ3) is 3.40. The average Bonchev–Trinajstić information content (AvgIpc) is 3.54. The summed E-state index contributed by atoms with van der Waals surface area (Å²) in [5.41, 5.74) is 0.663. The Hall–Kier alpha value is -0.570. The molecule has 0 bridgehead atoms. The molecule has 3 heterocycles. The van der Waals surface area contributed by atoms with Gasteiger partial charge in [0, 0.05) is 12.0 Å². The molecule has 8 aliphatic rings. The molecule has 13 atom stereocenters. The Balaban J connectivity index is 1.04. The maximum atomic E-state index is 12.2. The van der Waals surface area contributed by atoms with Crippen LogP contribution in [0.2, 0.25) is 0 Å². The van der Waals surface area contributed by atoms with E-state index in [1.54, 1.807) is 0 Å². The molecule has 0 aromatic rings. The first-order valence-corrected chi connectivity index (χ1v) is 16.9. The van der Waals surface area contributed by atoms with Crippen molar-refractivity contribution in [2.75, 3.05) is 32.9 Å². The molecule has 1 N–H and O–H groups in total. The van der Waals surface area contributed by atoms with Gasteiger partial charge in [-0.25, -0.2) is 0 Å². The molecule has 3 aliphatic heterocycles. The van der Waals surface area contributed by atoms with Crippen LogP contribution in [-0.4, -0.2) is 86.0 Å². The van der Waals surface area contributed by atoms with Crippen molar-refractivity contribution >= 4 is 6.29 Å². The van der Waals surface area contributed by atoms with Crippen molar-refractivity contribution in [3.05, 3.63) is 0 Å². The normalized spacial score (nSPS) is 57.8. The molecule has 7 heteroatoms. The Morgan fingerprint density at radius 2 is 1.76 bits per heavy atom. The number of aliphatic hydroxyl groups excluding tert-OH is 1. The summed E-state index contributed by atoms with van der Waals surface area (Å²) >= 11 is 0. The summed E-state index contributed by atoms with van der Waals surface area (Å²) in [7, 11) is 0. The number of rotatable bonds is 4. The van der Waals surface area contributed by atoms with E-state index in [1.165, 1.54) is 38.5 Å². The topological polar surface area (TPSA) is 77.5 Å². The van der Waals surface area contributed by atoms with Crippen LogP contribution < -0.4 is 0 Å². The lowest BCUT2D eigenvalue weighted by molar-refractivity contribution is -0.256. The minimum Gasteiger partial charge on any atom is -0.390 e. The van der Waals surface area contributed by atoms with Gasteiger partial charge in [-0.05, 0) is 96.7 Å². The second-order valence-corrected chi connectivity index (χ2v) is 16.8. The summed E-state index contributed by atoms with van der Waals surface area (Å²) < 4.78 is 24.9. The first kappa shape index (κ1) is 27.9. The summed E-state index contributed by atoms with van der Waals surface area (Å²) in [6, 6.07) is 0.528. The van der Waals surface area contributed by atoms with Crippen LogP contribution in [0.15, 0.2) is 0 Å². The molecule has 0 aromatic carbocycles. The number of nitrogens with zero attached hydrogens (tertiary/aromatic N) is 1. The van der Waals surface area contributed by atoms with Gasteiger partial charge in [0.1, 0.15) is 12.4 Å². The highest BCUT2D eigenvalue weighted by atomic mass is 16.7. The predicted octanol–water partition coefficient (Wildman–Crippen LogP) is 4.44. The molecule has 0 radical (unpaired) electrons. The molecule has 8 rings (SSSR count). The van der Waals surface area contributed by atoms with E-state index in [2.05, 4.69) is 39.5 Å². The van der Waals surface area contributed by atoms with E-state index in [9.17, 15) is 9.90 Å². The highest BCUT2D eigenvalue weighted by molar-refractivity contribution is 5.56. The maximum Gasteiger partial charge on any atom is 0.170 e. The minimum absolute atomic E-state index is 0.0440. The molecule has 41 heavy (non-hydrogen) atoms. The van der Waals surface area contributed by atoms with E-state index < -0.39 is 6.10 Å². The van der Waals surface area contributed by atoms with Gasteiger partial charge in [-0.3, -0.25) is 4.90 Å². The average molecular weight is 572 g/mol. The lowest BCUT2D eigenvalue weighted by Gasteiger charge is -2.64.